The van der Waals surface area contributed by atoms with Gasteiger partial charge in [-0.1, -0.05) is 12.1 Å². The summed E-state index contributed by atoms with van der Waals surface area (Å²) in [4.78, 5) is 23.3. The maximum Gasteiger partial charge on any atom is 0.277 e. The first kappa shape index (κ1) is 12.8. The van der Waals surface area contributed by atoms with Gasteiger partial charge in [0.1, 0.15) is 18.1 Å². The van der Waals surface area contributed by atoms with Crippen molar-refractivity contribution in [1.29, 1.82) is 0 Å². The van der Waals surface area contributed by atoms with E-state index in [1.807, 2.05) is 37.4 Å². The van der Waals surface area contributed by atoms with Gasteiger partial charge in [0.25, 0.3) is 5.91 Å². The van der Waals surface area contributed by atoms with Crippen LogP contribution in [-0.4, -0.2) is 33.4 Å². The first-order chi connectivity index (χ1) is 10.8. The molecule has 1 aliphatic heterocycles. The number of aryl methyl sites for hydroxylation is 1. The van der Waals surface area contributed by atoms with Crippen LogP contribution in [0.5, 0.6) is 5.75 Å². The lowest BCUT2D eigenvalue weighted by Gasteiger charge is -2.29. The summed E-state index contributed by atoms with van der Waals surface area (Å²) >= 11 is 0. The maximum atomic E-state index is 13.0. The molecule has 3 aromatic rings. The number of ether oxygens (including phenoxy) is 1. The van der Waals surface area contributed by atoms with E-state index in [4.69, 9.17) is 4.74 Å². The molecule has 110 valence electrons. The fourth-order valence-electron chi connectivity index (χ4n) is 2.76. The van der Waals surface area contributed by atoms with Crippen LogP contribution in [0.4, 0.5) is 5.69 Å². The average molecular weight is 294 g/mol. The Morgan fingerprint density at radius 1 is 1.27 bits per heavy atom. The van der Waals surface area contributed by atoms with Crippen molar-refractivity contribution < 1.29 is 9.53 Å². The molecule has 4 rings (SSSR count). The number of fused-ring (bicyclic) bond motifs is 2. The van der Waals surface area contributed by atoms with Crippen LogP contribution in [-0.2, 0) is 0 Å². The second kappa shape index (κ2) is 4.84. The van der Waals surface area contributed by atoms with Gasteiger partial charge in [0.05, 0.1) is 17.9 Å². The molecule has 0 fully saturated rings. The average Bonchev–Trinajstić information content (AvgIpc) is 2.89. The normalized spacial score (nSPS) is 13.8. The molecule has 1 amide bonds. The highest BCUT2D eigenvalue weighted by atomic mass is 16.5. The number of rotatable bonds is 1. The van der Waals surface area contributed by atoms with E-state index in [0.717, 1.165) is 11.4 Å². The fourth-order valence-corrected chi connectivity index (χ4v) is 2.76. The highest BCUT2D eigenvalue weighted by Gasteiger charge is 2.28. The molecule has 0 spiro atoms. The summed E-state index contributed by atoms with van der Waals surface area (Å²) in [7, 11) is 0. The number of aromatic nitrogens is 3. The lowest BCUT2D eigenvalue weighted by Crippen LogP contribution is -2.38. The van der Waals surface area contributed by atoms with Crippen molar-refractivity contribution in [2.24, 2.45) is 0 Å². The zero-order valence-electron chi connectivity index (χ0n) is 12.1. The molecular weight excluding hydrogens is 280 g/mol. The Morgan fingerprint density at radius 3 is 3.05 bits per heavy atom. The SMILES string of the molecule is Cc1nc2ncccn2c1C(=O)N1CCOc2ccccc21. The van der Waals surface area contributed by atoms with Crippen LogP contribution in [0.25, 0.3) is 5.78 Å². The van der Waals surface area contributed by atoms with E-state index in [9.17, 15) is 4.79 Å². The van der Waals surface area contributed by atoms with Crippen LogP contribution >= 0.6 is 0 Å². The standard InChI is InChI=1S/C16H14N4O2/c1-11-14(20-8-4-7-17-16(20)18-11)15(21)19-9-10-22-13-6-3-2-5-12(13)19/h2-8H,9-10H2,1H3. The Hall–Kier alpha value is -2.89. The van der Waals surface area contributed by atoms with Gasteiger partial charge >= 0.3 is 0 Å². The smallest absolute Gasteiger partial charge is 0.277 e. The first-order valence-corrected chi connectivity index (χ1v) is 7.09. The van der Waals surface area contributed by atoms with E-state index >= 15 is 0 Å². The zero-order valence-corrected chi connectivity index (χ0v) is 12.1. The summed E-state index contributed by atoms with van der Waals surface area (Å²) in [5.74, 6) is 1.17. The maximum absolute atomic E-state index is 13.0. The number of amides is 1. The van der Waals surface area contributed by atoms with Gasteiger partial charge in [-0.2, -0.15) is 0 Å². The minimum Gasteiger partial charge on any atom is -0.490 e. The Balaban J connectivity index is 1.84. The molecule has 0 saturated carbocycles. The fraction of sp³-hybridized carbons (Fsp3) is 0.188. The Morgan fingerprint density at radius 2 is 2.14 bits per heavy atom. The number of nitrogens with zero attached hydrogens (tertiary/aromatic N) is 4. The van der Waals surface area contributed by atoms with Crippen molar-refractivity contribution in [3.05, 3.63) is 54.1 Å². The number of hydrogen-bond donors (Lipinski definition) is 0. The lowest BCUT2D eigenvalue weighted by atomic mass is 10.2. The van der Waals surface area contributed by atoms with Crippen molar-refractivity contribution in [3.8, 4) is 5.75 Å². The van der Waals surface area contributed by atoms with Crippen molar-refractivity contribution in [2.45, 2.75) is 6.92 Å². The molecule has 0 unspecified atom stereocenters. The van der Waals surface area contributed by atoms with E-state index in [2.05, 4.69) is 9.97 Å². The van der Waals surface area contributed by atoms with Crippen LogP contribution in [0.3, 0.4) is 0 Å². The number of para-hydroxylation sites is 2. The molecule has 0 saturated heterocycles. The Bertz CT molecular complexity index is 871. The number of benzene rings is 1. The monoisotopic (exact) mass is 294 g/mol. The second-order valence-corrected chi connectivity index (χ2v) is 5.11. The molecule has 1 aromatic carbocycles. The number of hydrogen-bond acceptors (Lipinski definition) is 4. The summed E-state index contributed by atoms with van der Waals surface area (Å²) in [6.07, 6.45) is 3.47. The van der Waals surface area contributed by atoms with E-state index in [-0.39, 0.29) is 5.91 Å². The van der Waals surface area contributed by atoms with E-state index in [1.54, 1.807) is 21.6 Å². The van der Waals surface area contributed by atoms with Gasteiger partial charge in [0.15, 0.2) is 0 Å². The predicted molar refractivity (Wildman–Crippen MR) is 81.3 cm³/mol. The molecule has 0 radical (unpaired) electrons. The molecule has 3 heterocycles. The topological polar surface area (TPSA) is 59.7 Å². The highest BCUT2D eigenvalue weighted by molar-refractivity contribution is 6.07. The third-order valence-corrected chi connectivity index (χ3v) is 3.75. The number of carbonyl (C=O) groups is 1. The molecule has 22 heavy (non-hydrogen) atoms. The van der Waals surface area contributed by atoms with Crippen LogP contribution in [0, 0.1) is 6.92 Å². The van der Waals surface area contributed by atoms with Crippen molar-refractivity contribution in [3.63, 3.8) is 0 Å². The molecular formula is C16H14N4O2. The minimum absolute atomic E-state index is 0.0891. The van der Waals surface area contributed by atoms with Crippen molar-refractivity contribution >= 4 is 17.4 Å². The number of carbonyl (C=O) groups excluding carboxylic acids is 1. The molecule has 0 N–H and O–H groups in total. The number of imidazole rings is 1. The number of anilines is 1. The molecule has 0 aliphatic carbocycles. The van der Waals surface area contributed by atoms with E-state index in [0.29, 0.717) is 30.3 Å². The molecule has 1 aliphatic rings. The second-order valence-electron chi connectivity index (χ2n) is 5.11. The summed E-state index contributed by atoms with van der Waals surface area (Å²) in [6.45, 7) is 2.83. The summed E-state index contributed by atoms with van der Waals surface area (Å²) in [5.41, 5.74) is 2.00. The highest BCUT2D eigenvalue weighted by Crippen LogP contribution is 2.32. The minimum atomic E-state index is -0.0891. The molecule has 2 aromatic heterocycles. The Kier molecular flexibility index (Phi) is 2.82. The largest absolute Gasteiger partial charge is 0.490 e. The third-order valence-electron chi connectivity index (χ3n) is 3.75. The van der Waals surface area contributed by atoms with Gasteiger partial charge in [0.2, 0.25) is 5.78 Å². The molecule has 6 nitrogen and oxygen atoms in total. The van der Waals surface area contributed by atoms with Crippen LogP contribution in [0.2, 0.25) is 0 Å². The van der Waals surface area contributed by atoms with Crippen molar-refractivity contribution in [2.75, 3.05) is 18.1 Å². The van der Waals surface area contributed by atoms with Gasteiger partial charge in [-0.15, -0.1) is 0 Å². The Labute approximate surface area is 127 Å². The lowest BCUT2D eigenvalue weighted by molar-refractivity contribution is 0.0970. The molecule has 6 heteroatoms. The van der Waals surface area contributed by atoms with Crippen LogP contribution in [0.1, 0.15) is 16.2 Å². The van der Waals surface area contributed by atoms with E-state index < -0.39 is 0 Å². The van der Waals surface area contributed by atoms with Crippen LogP contribution < -0.4 is 9.64 Å². The molecule has 0 atom stereocenters. The summed E-state index contributed by atoms with van der Waals surface area (Å²) < 4.78 is 7.34. The first-order valence-electron chi connectivity index (χ1n) is 7.09. The summed E-state index contributed by atoms with van der Waals surface area (Å²) in [6, 6.07) is 9.35. The van der Waals surface area contributed by atoms with Gasteiger partial charge in [0, 0.05) is 12.4 Å². The quantitative estimate of drug-likeness (QED) is 0.689. The van der Waals surface area contributed by atoms with Gasteiger partial charge in [-0.3, -0.25) is 9.20 Å². The summed E-state index contributed by atoms with van der Waals surface area (Å²) in [5, 5.41) is 0. The zero-order chi connectivity index (χ0) is 15.1. The van der Waals surface area contributed by atoms with Gasteiger partial charge in [-0.05, 0) is 25.1 Å². The predicted octanol–water partition coefficient (Wildman–Crippen LogP) is 2.08. The third kappa shape index (κ3) is 1.84. The van der Waals surface area contributed by atoms with Crippen LogP contribution in [0.15, 0.2) is 42.7 Å². The van der Waals surface area contributed by atoms with Crippen molar-refractivity contribution in [1.82, 2.24) is 14.4 Å². The van der Waals surface area contributed by atoms with E-state index in [1.165, 1.54) is 0 Å². The molecule has 0 bridgehead atoms. The van der Waals surface area contributed by atoms with Gasteiger partial charge < -0.3 is 9.64 Å². The van der Waals surface area contributed by atoms with Gasteiger partial charge in [-0.25, -0.2) is 9.97 Å².